The second kappa shape index (κ2) is 6.04. The highest BCUT2D eigenvalue weighted by Gasteiger charge is 2.38. The number of aryl methyl sites for hydroxylation is 1. The van der Waals surface area contributed by atoms with Gasteiger partial charge in [0.1, 0.15) is 0 Å². The van der Waals surface area contributed by atoms with E-state index >= 15 is 0 Å². The molecule has 2 heterocycles. The van der Waals surface area contributed by atoms with Gasteiger partial charge in [-0.25, -0.2) is 4.98 Å². The topological polar surface area (TPSA) is 21.1 Å². The van der Waals surface area contributed by atoms with Gasteiger partial charge in [-0.05, 0) is 37.5 Å². The maximum atomic E-state index is 13.7. The largest absolute Gasteiger partial charge is 0.449 e. The van der Waals surface area contributed by atoms with Crippen molar-refractivity contribution < 1.29 is 13.2 Å². The fraction of sp³-hybridized carbons (Fsp3) is 0.350. The number of aromatic nitrogens is 2. The van der Waals surface area contributed by atoms with E-state index in [2.05, 4.69) is 16.8 Å². The van der Waals surface area contributed by atoms with Gasteiger partial charge in [-0.3, -0.25) is 0 Å². The predicted molar refractivity (Wildman–Crippen MR) is 96.5 cm³/mol. The minimum Gasteiger partial charge on any atom is -0.372 e. The van der Waals surface area contributed by atoms with Crippen LogP contribution in [0.3, 0.4) is 0 Å². The molecule has 136 valence electrons. The molecule has 1 aromatic heterocycles. The lowest BCUT2D eigenvalue weighted by Gasteiger charge is -2.33. The Kier molecular flexibility index (Phi) is 3.93. The number of hydrogen-bond acceptors (Lipinski definition) is 2. The van der Waals surface area contributed by atoms with Crippen molar-refractivity contribution >= 4 is 16.7 Å². The fourth-order valence-electron chi connectivity index (χ4n) is 3.74. The molecule has 3 aromatic rings. The summed E-state index contributed by atoms with van der Waals surface area (Å²) in [6, 6.07) is 13.3. The van der Waals surface area contributed by atoms with E-state index in [4.69, 9.17) is 0 Å². The second-order valence-electron chi connectivity index (χ2n) is 6.93. The number of nitrogens with zero attached hydrogens (tertiary/aromatic N) is 3. The minimum atomic E-state index is -4.49. The zero-order chi connectivity index (χ0) is 18.5. The maximum Gasteiger partial charge on any atom is 0.449 e. The first-order valence-electron chi connectivity index (χ1n) is 8.72. The number of halogens is 3. The monoisotopic (exact) mass is 359 g/mol. The average molecular weight is 359 g/mol. The number of fused-ring (bicyclic) bond motifs is 3. The number of hydrogen-bond donors (Lipinski definition) is 0. The van der Waals surface area contributed by atoms with Crippen molar-refractivity contribution in [2.75, 3.05) is 11.9 Å². The SMILES string of the molecule is CC1CCc2c(ccc3c2nc(C(F)(F)F)n3Cc2ccccc2)N1C. The summed E-state index contributed by atoms with van der Waals surface area (Å²) in [7, 11) is 1.99. The fourth-order valence-corrected chi connectivity index (χ4v) is 3.74. The molecule has 0 radical (unpaired) electrons. The molecule has 4 rings (SSSR count). The third-order valence-electron chi connectivity index (χ3n) is 5.29. The van der Waals surface area contributed by atoms with Crippen LogP contribution in [0.15, 0.2) is 42.5 Å². The van der Waals surface area contributed by atoms with Crippen LogP contribution in [0.4, 0.5) is 18.9 Å². The molecule has 0 fully saturated rings. The number of anilines is 1. The molecule has 26 heavy (non-hydrogen) atoms. The second-order valence-corrected chi connectivity index (χ2v) is 6.93. The molecule has 1 aliphatic heterocycles. The Morgan fingerprint density at radius 2 is 1.85 bits per heavy atom. The maximum absolute atomic E-state index is 13.7. The molecule has 1 aliphatic rings. The predicted octanol–water partition coefficient (Wildman–Crippen LogP) is 4.87. The van der Waals surface area contributed by atoms with E-state index in [0.29, 0.717) is 17.1 Å². The van der Waals surface area contributed by atoms with Crippen LogP contribution in [0.1, 0.15) is 30.3 Å². The third-order valence-corrected chi connectivity index (χ3v) is 5.29. The van der Waals surface area contributed by atoms with Crippen molar-refractivity contribution in [3.05, 3.63) is 59.4 Å². The summed E-state index contributed by atoms with van der Waals surface area (Å²) >= 11 is 0. The highest BCUT2D eigenvalue weighted by atomic mass is 19.4. The van der Waals surface area contributed by atoms with Crippen molar-refractivity contribution in [3.8, 4) is 0 Å². The van der Waals surface area contributed by atoms with E-state index in [1.807, 2.05) is 43.4 Å². The summed E-state index contributed by atoms with van der Waals surface area (Å²) in [6.45, 7) is 2.28. The average Bonchev–Trinajstić information content (AvgIpc) is 2.98. The molecule has 0 bridgehead atoms. The van der Waals surface area contributed by atoms with Crippen molar-refractivity contribution in [1.29, 1.82) is 0 Å². The van der Waals surface area contributed by atoms with Gasteiger partial charge < -0.3 is 9.47 Å². The Morgan fingerprint density at radius 3 is 2.54 bits per heavy atom. The number of imidazole rings is 1. The molecular weight excluding hydrogens is 339 g/mol. The van der Waals surface area contributed by atoms with Gasteiger partial charge in [0.25, 0.3) is 0 Å². The van der Waals surface area contributed by atoms with Crippen LogP contribution in [0.25, 0.3) is 11.0 Å². The van der Waals surface area contributed by atoms with E-state index in [0.717, 1.165) is 29.7 Å². The third kappa shape index (κ3) is 2.73. The molecule has 0 aliphatic carbocycles. The Hall–Kier alpha value is -2.50. The molecule has 0 N–H and O–H groups in total. The van der Waals surface area contributed by atoms with Crippen molar-refractivity contribution in [2.45, 2.75) is 38.5 Å². The lowest BCUT2D eigenvalue weighted by molar-refractivity contribution is -0.146. The van der Waals surface area contributed by atoms with Crippen molar-refractivity contribution in [1.82, 2.24) is 9.55 Å². The zero-order valence-electron chi connectivity index (χ0n) is 14.7. The molecule has 0 saturated heterocycles. The Balaban J connectivity index is 1.92. The molecular formula is C20H20F3N3. The highest BCUT2D eigenvalue weighted by Crippen LogP contribution is 2.38. The van der Waals surface area contributed by atoms with Gasteiger partial charge in [-0.1, -0.05) is 30.3 Å². The molecule has 0 amide bonds. The standard InChI is InChI=1S/C20H20F3N3/c1-13-8-9-15-16(25(13)2)10-11-17-18(15)24-19(20(21,22)23)26(17)12-14-6-4-3-5-7-14/h3-7,10-11,13H,8-9,12H2,1-2H3. The quantitative estimate of drug-likeness (QED) is 0.651. The molecule has 2 aromatic carbocycles. The van der Waals surface area contributed by atoms with E-state index < -0.39 is 12.0 Å². The van der Waals surface area contributed by atoms with Crippen LogP contribution in [0.5, 0.6) is 0 Å². The van der Waals surface area contributed by atoms with Crippen LogP contribution >= 0.6 is 0 Å². The number of rotatable bonds is 2. The van der Waals surface area contributed by atoms with Gasteiger partial charge in [0.2, 0.25) is 5.82 Å². The summed E-state index contributed by atoms with van der Waals surface area (Å²) in [6.07, 6.45) is -2.83. The Bertz CT molecular complexity index is 944. The van der Waals surface area contributed by atoms with E-state index in [1.54, 1.807) is 6.07 Å². The van der Waals surface area contributed by atoms with E-state index in [1.165, 1.54) is 4.57 Å². The summed E-state index contributed by atoms with van der Waals surface area (Å²) in [5.74, 6) is -0.828. The number of benzene rings is 2. The van der Waals surface area contributed by atoms with Crippen LogP contribution in [0, 0.1) is 0 Å². The zero-order valence-corrected chi connectivity index (χ0v) is 14.7. The van der Waals surface area contributed by atoms with E-state index in [-0.39, 0.29) is 6.54 Å². The van der Waals surface area contributed by atoms with Gasteiger partial charge >= 0.3 is 6.18 Å². The van der Waals surface area contributed by atoms with Crippen LogP contribution in [-0.2, 0) is 19.1 Å². The molecule has 6 heteroatoms. The Morgan fingerprint density at radius 1 is 1.12 bits per heavy atom. The molecule has 3 nitrogen and oxygen atoms in total. The smallest absolute Gasteiger partial charge is 0.372 e. The molecule has 1 atom stereocenters. The molecule has 0 saturated carbocycles. The van der Waals surface area contributed by atoms with Crippen LogP contribution in [-0.4, -0.2) is 22.6 Å². The normalized spacial score (nSPS) is 17.6. The van der Waals surface area contributed by atoms with Crippen LogP contribution in [0.2, 0.25) is 0 Å². The summed E-state index contributed by atoms with van der Waals surface area (Å²) in [4.78, 5) is 6.19. The van der Waals surface area contributed by atoms with Gasteiger partial charge in [0.15, 0.2) is 0 Å². The van der Waals surface area contributed by atoms with Gasteiger partial charge in [-0.2, -0.15) is 13.2 Å². The first-order chi connectivity index (χ1) is 12.4. The van der Waals surface area contributed by atoms with Crippen molar-refractivity contribution in [2.24, 2.45) is 0 Å². The summed E-state index contributed by atoms with van der Waals surface area (Å²) < 4.78 is 42.3. The van der Waals surface area contributed by atoms with Crippen molar-refractivity contribution in [3.63, 3.8) is 0 Å². The van der Waals surface area contributed by atoms with Gasteiger partial charge in [-0.15, -0.1) is 0 Å². The molecule has 0 spiro atoms. The number of alkyl halides is 3. The lowest BCUT2D eigenvalue weighted by atomic mass is 9.96. The summed E-state index contributed by atoms with van der Waals surface area (Å²) in [5, 5.41) is 0. The highest BCUT2D eigenvalue weighted by molar-refractivity contribution is 5.86. The lowest BCUT2D eigenvalue weighted by Crippen LogP contribution is -2.33. The van der Waals surface area contributed by atoms with Gasteiger partial charge in [0, 0.05) is 30.9 Å². The van der Waals surface area contributed by atoms with E-state index in [9.17, 15) is 13.2 Å². The van der Waals surface area contributed by atoms with Crippen LogP contribution < -0.4 is 4.90 Å². The first-order valence-corrected chi connectivity index (χ1v) is 8.72. The van der Waals surface area contributed by atoms with Gasteiger partial charge in [0.05, 0.1) is 11.0 Å². The molecule has 1 unspecified atom stereocenters. The Labute approximate surface area is 150 Å². The minimum absolute atomic E-state index is 0.150. The first kappa shape index (κ1) is 16.9. The summed E-state index contributed by atoms with van der Waals surface area (Å²) in [5.41, 5.74) is 3.74.